The van der Waals surface area contributed by atoms with E-state index in [-0.39, 0.29) is 36.9 Å². The number of nitrogens with zero attached hydrogens (tertiary/aromatic N) is 1. The highest BCUT2D eigenvalue weighted by Gasteiger charge is 2.51. The molecular formula is C21H32N3O9P. The molecule has 12 nitrogen and oxygen atoms in total. The maximum Gasteiger partial charge on any atom is 0.359 e. The summed E-state index contributed by atoms with van der Waals surface area (Å²) in [4.78, 5) is 43.0. The van der Waals surface area contributed by atoms with Gasteiger partial charge in [0.1, 0.15) is 24.0 Å². The number of ether oxygens (including phenoxy) is 1. The van der Waals surface area contributed by atoms with Crippen LogP contribution < -0.4 is 11.2 Å². The average Bonchev–Trinajstić information content (AvgIpc) is 3.05. The lowest BCUT2D eigenvalue weighted by atomic mass is 9.88. The maximum absolute atomic E-state index is 12.9. The van der Waals surface area contributed by atoms with E-state index in [1.807, 2.05) is 0 Å². The minimum Gasteiger partial charge on any atom is -0.388 e. The number of aromatic nitrogens is 3. The Labute approximate surface area is 195 Å². The Bertz CT molecular complexity index is 1190. The fourth-order valence-corrected chi connectivity index (χ4v) is 5.51. The van der Waals surface area contributed by atoms with Crippen LogP contribution in [0.15, 0.2) is 21.9 Å². The van der Waals surface area contributed by atoms with Crippen LogP contribution in [0.4, 0.5) is 0 Å². The predicted molar refractivity (Wildman–Crippen MR) is 122 cm³/mol. The molecule has 3 rings (SSSR count). The third-order valence-electron chi connectivity index (χ3n) is 6.78. The highest BCUT2D eigenvalue weighted by Crippen LogP contribution is 2.59. The summed E-state index contributed by atoms with van der Waals surface area (Å²) in [6.45, 7) is 6.25. The number of aliphatic hydroxyl groups excluding tert-OH is 2. The number of aromatic amines is 2. The smallest absolute Gasteiger partial charge is 0.359 e. The van der Waals surface area contributed by atoms with Crippen molar-refractivity contribution in [3.8, 4) is 0 Å². The fourth-order valence-electron chi connectivity index (χ4n) is 4.05. The van der Waals surface area contributed by atoms with Gasteiger partial charge in [-0.1, -0.05) is 20.8 Å². The van der Waals surface area contributed by atoms with Crippen molar-refractivity contribution in [1.29, 1.82) is 0 Å². The molecule has 2 aromatic heterocycles. The third kappa shape index (κ3) is 4.90. The maximum atomic E-state index is 12.9. The first-order chi connectivity index (χ1) is 15.8. The lowest BCUT2D eigenvalue weighted by Crippen LogP contribution is -2.41. The lowest BCUT2D eigenvalue weighted by molar-refractivity contribution is -0.0619. The molecule has 0 amide bonds. The van der Waals surface area contributed by atoms with E-state index < -0.39 is 54.2 Å². The zero-order chi connectivity index (χ0) is 25.5. The number of aliphatic hydroxyl groups is 3. The first-order valence-electron chi connectivity index (χ1n) is 11.2. The molecule has 0 spiro atoms. The van der Waals surface area contributed by atoms with E-state index in [1.165, 1.54) is 19.2 Å². The van der Waals surface area contributed by atoms with E-state index in [9.17, 15) is 34.4 Å². The summed E-state index contributed by atoms with van der Waals surface area (Å²) in [6, 6.07) is 1.41. The summed E-state index contributed by atoms with van der Waals surface area (Å²) in [5.41, 5.74) is -2.33. The number of fused-ring (bicyclic) bond motifs is 1. The van der Waals surface area contributed by atoms with Crippen molar-refractivity contribution in [2.75, 3.05) is 0 Å². The summed E-state index contributed by atoms with van der Waals surface area (Å²) < 4.78 is 24.4. The van der Waals surface area contributed by atoms with Gasteiger partial charge in [0.25, 0.3) is 5.56 Å². The van der Waals surface area contributed by atoms with Crippen molar-refractivity contribution in [3.05, 3.63) is 38.7 Å². The molecule has 1 fully saturated rings. The zero-order valence-electron chi connectivity index (χ0n) is 19.5. The van der Waals surface area contributed by atoms with Crippen LogP contribution in [0, 0.1) is 0 Å². The molecular weight excluding hydrogens is 469 g/mol. The van der Waals surface area contributed by atoms with Crippen LogP contribution in [0.1, 0.15) is 65.0 Å². The van der Waals surface area contributed by atoms with Gasteiger partial charge in [-0.3, -0.25) is 18.9 Å². The van der Waals surface area contributed by atoms with Crippen molar-refractivity contribution >= 4 is 18.6 Å². The monoisotopic (exact) mass is 501 g/mol. The minimum absolute atomic E-state index is 0.0154. The van der Waals surface area contributed by atoms with Gasteiger partial charge in [0.15, 0.2) is 5.34 Å². The van der Waals surface area contributed by atoms with E-state index in [1.54, 1.807) is 20.8 Å². The summed E-state index contributed by atoms with van der Waals surface area (Å²) in [5.74, 6) is 0. The highest BCUT2D eigenvalue weighted by atomic mass is 31.2. The summed E-state index contributed by atoms with van der Waals surface area (Å²) in [5, 5.41) is 30.2. The molecule has 0 saturated carbocycles. The second kappa shape index (κ2) is 9.62. The van der Waals surface area contributed by atoms with Crippen LogP contribution in [0.25, 0.3) is 11.0 Å². The third-order valence-corrected chi connectivity index (χ3v) is 8.95. The highest BCUT2D eigenvalue weighted by molar-refractivity contribution is 7.54. The van der Waals surface area contributed by atoms with Gasteiger partial charge in [0.05, 0.1) is 11.7 Å². The van der Waals surface area contributed by atoms with E-state index >= 15 is 0 Å². The normalized spacial score (nSPS) is 26.9. The second-order valence-electron chi connectivity index (χ2n) is 8.93. The number of rotatable bonds is 9. The van der Waals surface area contributed by atoms with Crippen molar-refractivity contribution in [1.82, 2.24) is 15.0 Å². The second-order valence-corrected chi connectivity index (χ2v) is 11.1. The number of pyridine rings is 1. The standard InChI is InChI=1S/C21H32N3O9P/c1-5-20(4,29)34(30,31)33-21(6-2,7-3)9-13-14(25)15(26)16(32-13)12-8-11-10-22-19(28)24-17(11)23-18(12)27/h8,10,13-16,25-26,29H,5-7,9H2,1-4H3,(H,30,31)(H2,22,23,24,27,28). The predicted octanol–water partition coefficient (Wildman–Crippen LogP) is 1.04. The summed E-state index contributed by atoms with van der Waals surface area (Å²) in [6.07, 6.45) is -3.42. The van der Waals surface area contributed by atoms with Crippen LogP contribution in [-0.2, 0) is 13.8 Å². The Morgan fingerprint density at radius 1 is 1.15 bits per heavy atom. The van der Waals surface area contributed by atoms with Gasteiger partial charge in [0.2, 0.25) is 0 Å². The van der Waals surface area contributed by atoms with Crippen LogP contribution in [0.5, 0.6) is 0 Å². The van der Waals surface area contributed by atoms with Crippen molar-refractivity contribution in [2.24, 2.45) is 0 Å². The van der Waals surface area contributed by atoms with Gasteiger partial charge in [-0.25, -0.2) is 9.78 Å². The molecule has 3 heterocycles. The fraction of sp³-hybridized carbons (Fsp3) is 0.667. The van der Waals surface area contributed by atoms with Crippen LogP contribution in [-0.4, -0.2) is 64.4 Å². The van der Waals surface area contributed by atoms with Gasteiger partial charge in [-0.2, -0.15) is 0 Å². The average molecular weight is 501 g/mol. The van der Waals surface area contributed by atoms with Gasteiger partial charge < -0.3 is 29.9 Å². The largest absolute Gasteiger partial charge is 0.388 e. The van der Waals surface area contributed by atoms with E-state index in [0.717, 1.165) is 0 Å². The number of hydrogen-bond donors (Lipinski definition) is 6. The Morgan fingerprint density at radius 2 is 1.79 bits per heavy atom. The Kier molecular flexibility index (Phi) is 7.55. The number of nitrogens with one attached hydrogen (secondary N) is 2. The molecule has 0 radical (unpaired) electrons. The molecule has 0 aliphatic carbocycles. The number of H-pyrrole nitrogens is 2. The molecule has 6 atom stereocenters. The molecule has 1 aliphatic heterocycles. The van der Waals surface area contributed by atoms with Crippen molar-refractivity contribution in [2.45, 2.75) is 88.7 Å². The topological polar surface area (TPSA) is 195 Å². The summed E-state index contributed by atoms with van der Waals surface area (Å²) in [7, 11) is -4.49. The Balaban J connectivity index is 1.90. The molecule has 190 valence electrons. The molecule has 6 unspecified atom stereocenters. The lowest BCUT2D eigenvalue weighted by Gasteiger charge is -2.39. The first kappa shape index (κ1) is 26.7. The summed E-state index contributed by atoms with van der Waals surface area (Å²) >= 11 is 0. The van der Waals surface area contributed by atoms with Crippen LogP contribution in [0.2, 0.25) is 0 Å². The van der Waals surface area contributed by atoms with Gasteiger partial charge in [-0.05, 0) is 32.3 Å². The molecule has 0 aromatic carbocycles. The molecule has 1 aliphatic rings. The van der Waals surface area contributed by atoms with E-state index in [2.05, 4.69) is 15.0 Å². The van der Waals surface area contributed by atoms with E-state index in [4.69, 9.17) is 9.26 Å². The SMILES string of the molecule is CCC(CC)(CC1OC(c2cc3cnc(=O)[nH]c3[nH]c2=O)C(O)C1O)OP(=O)(O)C(C)(O)CC. The molecule has 2 aromatic rings. The molecule has 13 heteroatoms. The van der Waals surface area contributed by atoms with Gasteiger partial charge in [0, 0.05) is 23.6 Å². The first-order valence-corrected chi connectivity index (χ1v) is 12.8. The van der Waals surface area contributed by atoms with Crippen LogP contribution in [0.3, 0.4) is 0 Å². The Morgan fingerprint density at radius 3 is 2.38 bits per heavy atom. The Hall–Kier alpha value is -1.92. The quantitative estimate of drug-likeness (QED) is 0.270. The van der Waals surface area contributed by atoms with Crippen molar-refractivity contribution in [3.63, 3.8) is 0 Å². The molecule has 1 saturated heterocycles. The number of hydrogen-bond acceptors (Lipinski definition) is 9. The van der Waals surface area contributed by atoms with Gasteiger partial charge >= 0.3 is 13.3 Å². The molecule has 34 heavy (non-hydrogen) atoms. The van der Waals surface area contributed by atoms with Crippen molar-refractivity contribution < 1.29 is 34.0 Å². The van der Waals surface area contributed by atoms with Gasteiger partial charge in [-0.15, -0.1) is 0 Å². The minimum atomic E-state index is -4.49. The molecule has 6 N–H and O–H groups in total. The molecule has 0 bridgehead atoms. The van der Waals surface area contributed by atoms with Crippen LogP contribution >= 0.6 is 7.60 Å². The van der Waals surface area contributed by atoms with E-state index in [0.29, 0.717) is 5.39 Å². The zero-order valence-corrected chi connectivity index (χ0v) is 20.4.